The van der Waals surface area contributed by atoms with E-state index in [-0.39, 0.29) is 13.3 Å². The topological polar surface area (TPSA) is 30.9 Å². The summed E-state index contributed by atoms with van der Waals surface area (Å²) >= 11 is 0. The summed E-state index contributed by atoms with van der Waals surface area (Å²) in [6, 6.07) is 17.2. The van der Waals surface area contributed by atoms with Crippen LogP contribution >= 0.6 is 0 Å². The van der Waals surface area contributed by atoms with Crippen LogP contribution in [0.1, 0.15) is 13.8 Å². The highest BCUT2D eigenvalue weighted by Crippen LogP contribution is 2.41. The van der Waals surface area contributed by atoms with Crippen LogP contribution in [-0.2, 0) is 0 Å². The molecule has 0 aliphatic carbocycles. The minimum Gasteiger partial charge on any atom is -0.361 e. The predicted octanol–water partition coefficient (Wildman–Crippen LogP) is 5.81. The van der Waals surface area contributed by atoms with Gasteiger partial charge in [0.2, 0.25) is 0 Å². The van der Waals surface area contributed by atoms with Gasteiger partial charge in [0.25, 0.3) is 0 Å². The lowest BCUT2D eigenvalue weighted by atomic mass is 10.1. The number of anilines is 4. The number of hydrogen-bond donors (Lipinski definition) is 0. The Morgan fingerprint density at radius 3 is 1.36 bits per heavy atom. The predicted molar refractivity (Wildman–Crippen MR) is 183 cm³/mol. The maximum atomic E-state index is 8.01. The van der Waals surface area contributed by atoms with E-state index in [1.165, 1.54) is 9.80 Å². The molecule has 0 atom stereocenters. The molecule has 4 aromatic rings. The lowest BCUT2D eigenvalue weighted by Crippen LogP contribution is -2.25. The molecule has 8 rings (SSSR count). The van der Waals surface area contributed by atoms with Gasteiger partial charge in [-0.3, -0.25) is 0 Å². The van der Waals surface area contributed by atoms with Crippen LogP contribution in [-0.4, -0.2) is 78.9 Å². The van der Waals surface area contributed by atoms with Crippen molar-refractivity contribution in [2.75, 3.05) is 74.3 Å². The summed E-state index contributed by atoms with van der Waals surface area (Å²) in [6.45, 7) is -0.559. The highest BCUT2D eigenvalue weighted by molar-refractivity contribution is 6.11. The largest absolute Gasteiger partial charge is 0.361 e. The third-order valence-electron chi connectivity index (χ3n) is 8.83. The van der Waals surface area contributed by atoms with Crippen molar-refractivity contribution in [3.63, 3.8) is 0 Å². The van der Waals surface area contributed by atoms with Gasteiger partial charge in [-0.2, -0.15) is 0 Å². The first-order chi connectivity index (χ1) is 23.7. The van der Waals surface area contributed by atoms with Crippen molar-refractivity contribution >= 4 is 44.6 Å². The van der Waals surface area contributed by atoms with E-state index in [9.17, 15) is 0 Å². The maximum absolute atomic E-state index is 8.01. The van der Waals surface area contributed by atoms with E-state index < -0.39 is 14.0 Å². The summed E-state index contributed by atoms with van der Waals surface area (Å²) in [5.41, 5.74) is 7.81. The van der Waals surface area contributed by atoms with Gasteiger partial charge in [0.05, 0.1) is 43.4 Å². The normalized spacial score (nSPS) is 20.5. The Morgan fingerprint density at radius 1 is 0.500 bits per heavy atom. The standard InChI is InChI=1S/C35H39N9/c1-26-32(42-16-12-38(4)24-42)20-29(21-33(26)43-17-13-39(5)25-43)44-34-18-27(40-14-10-36(2)22-40)6-8-30(34)31-9-7-28(19-35(31)44)41-15-11-37(3)23-41/h6-21H,22-25H2,1-5H3/i2D3,4D3. The van der Waals surface area contributed by atoms with Gasteiger partial charge in [-0.15, -0.1) is 0 Å². The van der Waals surface area contributed by atoms with Crippen molar-refractivity contribution in [1.82, 2.24) is 24.2 Å². The van der Waals surface area contributed by atoms with Gasteiger partial charge in [0.1, 0.15) is 0 Å². The Bertz CT molecular complexity index is 2110. The summed E-state index contributed by atoms with van der Waals surface area (Å²) in [5.74, 6) is 0. The first-order valence-electron chi connectivity index (χ1n) is 17.7. The molecule has 0 fully saturated rings. The van der Waals surface area contributed by atoms with Crippen molar-refractivity contribution in [3.05, 3.63) is 104 Å². The van der Waals surface area contributed by atoms with Crippen molar-refractivity contribution in [2.45, 2.75) is 6.92 Å². The SMILES string of the molecule is [2H]C([2H])([2H])N1C=CN(c2ccc3c4ccc(N5C=CN(C)C5)cc4n(-c4cc(N5C=CN(C)C5)c(C)c(N5C=CN(C([2H])([2H])[2H])C5)c4)c3c2)C1. The highest BCUT2D eigenvalue weighted by atomic mass is 15.4. The molecule has 9 heteroatoms. The number of hydrogen-bond acceptors (Lipinski definition) is 8. The fraction of sp³-hybridized carbons (Fsp3) is 0.257. The Morgan fingerprint density at radius 2 is 0.932 bits per heavy atom. The molecule has 0 bridgehead atoms. The van der Waals surface area contributed by atoms with Crippen molar-refractivity contribution < 1.29 is 8.22 Å². The molecule has 1 aromatic heterocycles. The van der Waals surface area contributed by atoms with Crippen LogP contribution in [0.2, 0.25) is 0 Å². The molecule has 0 saturated heterocycles. The second kappa shape index (κ2) is 9.94. The Balaban J connectivity index is 1.34. The highest BCUT2D eigenvalue weighted by Gasteiger charge is 2.24. The molecular weight excluding hydrogens is 546 g/mol. The average molecular weight is 592 g/mol. The van der Waals surface area contributed by atoms with Crippen molar-refractivity contribution in [1.29, 1.82) is 0 Å². The fourth-order valence-corrected chi connectivity index (χ4v) is 6.57. The number of aromatic nitrogens is 1. The van der Waals surface area contributed by atoms with Crippen LogP contribution < -0.4 is 19.6 Å². The van der Waals surface area contributed by atoms with Crippen LogP contribution in [0.5, 0.6) is 0 Å². The fourth-order valence-electron chi connectivity index (χ4n) is 6.57. The van der Waals surface area contributed by atoms with E-state index in [1.54, 1.807) is 12.4 Å². The zero-order chi connectivity index (χ0) is 35.1. The molecule has 0 radical (unpaired) electrons. The van der Waals surface area contributed by atoms with Gasteiger partial charge in [-0.25, -0.2) is 0 Å². The lowest BCUT2D eigenvalue weighted by molar-refractivity contribution is 0.494. The molecule has 0 saturated carbocycles. The van der Waals surface area contributed by atoms with E-state index in [1.807, 2.05) is 48.6 Å². The molecule has 4 aliphatic rings. The number of nitrogens with zero attached hydrogens (tertiary/aromatic N) is 9. The second-order valence-electron chi connectivity index (χ2n) is 11.9. The quantitative estimate of drug-likeness (QED) is 0.287. The molecule has 3 aromatic carbocycles. The summed E-state index contributed by atoms with van der Waals surface area (Å²) in [5, 5.41) is 2.16. The van der Waals surface area contributed by atoms with E-state index in [2.05, 4.69) is 92.2 Å². The summed E-state index contributed by atoms with van der Waals surface area (Å²) in [4.78, 5) is 15.3. The van der Waals surface area contributed by atoms with Crippen molar-refractivity contribution in [2.24, 2.45) is 0 Å². The average Bonchev–Trinajstić information content (AvgIpc) is 3.90. The lowest BCUT2D eigenvalue weighted by Gasteiger charge is -2.27. The summed E-state index contributed by atoms with van der Waals surface area (Å²) in [6.07, 6.45) is 15.1. The first kappa shape index (κ1) is 20.7. The number of benzene rings is 3. The summed E-state index contributed by atoms with van der Waals surface area (Å²) < 4.78 is 50.0. The molecule has 224 valence electrons. The maximum Gasteiger partial charge on any atom is 0.0939 e. The third-order valence-corrected chi connectivity index (χ3v) is 8.83. The van der Waals surface area contributed by atoms with Crippen LogP contribution in [0.3, 0.4) is 0 Å². The Kier molecular flexibility index (Phi) is 4.67. The van der Waals surface area contributed by atoms with Gasteiger partial charge in [0.15, 0.2) is 0 Å². The second-order valence-corrected chi connectivity index (χ2v) is 11.9. The van der Waals surface area contributed by atoms with E-state index in [0.29, 0.717) is 6.67 Å². The van der Waals surface area contributed by atoms with Crippen LogP contribution in [0.15, 0.2) is 98.1 Å². The first-order valence-corrected chi connectivity index (χ1v) is 14.7. The minimum atomic E-state index is -2.25. The summed E-state index contributed by atoms with van der Waals surface area (Å²) in [7, 11) is 4.09. The van der Waals surface area contributed by atoms with Crippen LogP contribution in [0.4, 0.5) is 22.7 Å². The Hall–Kier alpha value is -5.18. The van der Waals surface area contributed by atoms with Gasteiger partial charge >= 0.3 is 0 Å². The van der Waals surface area contributed by atoms with Gasteiger partial charge in [0, 0.05) is 119 Å². The van der Waals surface area contributed by atoms with E-state index >= 15 is 0 Å². The molecule has 4 aliphatic heterocycles. The molecule has 9 nitrogen and oxygen atoms in total. The van der Waals surface area contributed by atoms with Crippen LogP contribution in [0, 0.1) is 6.92 Å². The van der Waals surface area contributed by atoms with Crippen LogP contribution in [0.25, 0.3) is 27.5 Å². The van der Waals surface area contributed by atoms with E-state index in [0.717, 1.165) is 62.5 Å². The smallest absolute Gasteiger partial charge is 0.0939 e. The monoisotopic (exact) mass is 591 g/mol. The molecule has 5 heterocycles. The van der Waals surface area contributed by atoms with Gasteiger partial charge in [-0.1, -0.05) is 12.1 Å². The van der Waals surface area contributed by atoms with E-state index in [4.69, 9.17) is 8.22 Å². The number of fused-ring (bicyclic) bond motifs is 3. The molecular formula is C35H39N9. The zero-order valence-corrected chi connectivity index (χ0v) is 25.1. The zero-order valence-electron chi connectivity index (χ0n) is 31.1. The molecule has 0 unspecified atom stereocenters. The Labute approximate surface area is 267 Å². The number of rotatable bonds is 5. The molecule has 44 heavy (non-hydrogen) atoms. The van der Waals surface area contributed by atoms with Gasteiger partial charge < -0.3 is 43.8 Å². The molecule has 0 N–H and O–H groups in total. The van der Waals surface area contributed by atoms with Gasteiger partial charge in [-0.05, 0) is 48.9 Å². The molecule has 0 amide bonds. The molecule has 0 spiro atoms. The van der Waals surface area contributed by atoms with Crippen molar-refractivity contribution in [3.8, 4) is 5.69 Å². The third kappa shape index (κ3) is 4.30. The minimum absolute atomic E-state index is 0.202.